The molecule has 3 aromatic heterocycles. The molecule has 5 heteroatoms. The van der Waals surface area contributed by atoms with E-state index >= 15 is 0 Å². The topological polar surface area (TPSA) is 56.5 Å². The second-order valence-electron chi connectivity index (χ2n) is 12.3. The molecule has 0 atom stereocenters. The van der Waals surface area contributed by atoms with E-state index in [1.165, 1.54) is 21.5 Å². The van der Waals surface area contributed by atoms with Crippen molar-refractivity contribution in [3.05, 3.63) is 164 Å². The van der Waals surface area contributed by atoms with Gasteiger partial charge in [-0.05, 0) is 50.5 Å². The van der Waals surface area contributed by atoms with Gasteiger partial charge in [0.2, 0.25) is 0 Å². The third kappa shape index (κ3) is 4.40. The minimum atomic E-state index is 0.571. The van der Waals surface area contributed by atoms with Crippen molar-refractivity contribution in [2.45, 2.75) is 0 Å². The highest BCUT2D eigenvalue weighted by Crippen LogP contribution is 2.38. The van der Waals surface area contributed by atoms with Gasteiger partial charge in [0.05, 0.1) is 22.9 Å². The van der Waals surface area contributed by atoms with E-state index in [1.54, 1.807) is 0 Å². The molecule has 0 unspecified atom stereocenters. The minimum Gasteiger partial charge on any atom is -0.308 e. The molecule has 0 spiro atoms. The second-order valence-corrected chi connectivity index (χ2v) is 12.3. The first-order valence-electron chi connectivity index (χ1n) is 16.4. The summed E-state index contributed by atoms with van der Waals surface area (Å²) < 4.78 is 2.30. The highest BCUT2D eigenvalue weighted by atomic mass is 15.0. The van der Waals surface area contributed by atoms with Crippen LogP contribution in [0.1, 0.15) is 0 Å². The summed E-state index contributed by atoms with van der Waals surface area (Å²) >= 11 is 0. The normalized spacial score (nSPS) is 11.7. The van der Waals surface area contributed by atoms with Gasteiger partial charge in [-0.25, -0.2) is 15.0 Å². The van der Waals surface area contributed by atoms with Crippen LogP contribution in [-0.4, -0.2) is 24.5 Å². The van der Waals surface area contributed by atoms with Gasteiger partial charge in [-0.1, -0.05) is 133 Å². The second kappa shape index (κ2) is 10.9. The zero-order valence-electron chi connectivity index (χ0n) is 26.3. The Kier molecular flexibility index (Phi) is 6.11. The standard InChI is InChI=1S/C44H27N5/c1-4-16-33-28(11-1)14-9-20-36(33)43-46-42(47-44(48-43)37-21-10-15-29-12-2-5-17-34(29)37)31-25-32(27-45-26-31)49-39-22-8-7-19-38(39)41-35-18-6-3-13-30(35)23-24-40(41)49/h1-27H. The Balaban J connectivity index is 1.22. The van der Waals surface area contributed by atoms with Crippen LogP contribution in [0.2, 0.25) is 0 Å². The zero-order valence-corrected chi connectivity index (χ0v) is 26.3. The summed E-state index contributed by atoms with van der Waals surface area (Å²) in [4.78, 5) is 20.2. The van der Waals surface area contributed by atoms with Crippen molar-refractivity contribution < 1.29 is 0 Å². The molecule has 10 aromatic rings. The van der Waals surface area contributed by atoms with Crippen molar-refractivity contribution >= 4 is 54.1 Å². The predicted molar refractivity (Wildman–Crippen MR) is 201 cm³/mol. The van der Waals surface area contributed by atoms with E-state index in [4.69, 9.17) is 19.9 Å². The van der Waals surface area contributed by atoms with Crippen LogP contribution in [0.15, 0.2) is 164 Å². The van der Waals surface area contributed by atoms with Gasteiger partial charge in [-0.2, -0.15) is 0 Å². The number of fused-ring (bicyclic) bond motifs is 7. The maximum absolute atomic E-state index is 5.15. The van der Waals surface area contributed by atoms with Gasteiger partial charge in [0.25, 0.3) is 0 Å². The average Bonchev–Trinajstić information content (AvgIpc) is 3.52. The first kappa shape index (κ1) is 27.4. The van der Waals surface area contributed by atoms with E-state index in [0.717, 1.165) is 55.0 Å². The summed E-state index contributed by atoms with van der Waals surface area (Å²) in [6, 6.07) is 53.0. The fraction of sp³-hybridized carbons (Fsp3) is 0. The molecule has 5 nitrogen and oxygen atoms in total. The number of benzene rings is 7. The zero-order chi connectivity index (χ0) is 32.3. The van der Waals surface area contributed by atoms with Crippen molar-refractivity contribution in [3.8, 4) is 39.9 Å². The van der Waals surface area contributed by atoms with Crippen molar-refractivity contribution in [1.29, 1.82) is 0 Å². The van der Waals surface area contributed by atoms with Crippen LogP contribution in [0.4, 0.5) is 0 Å². The van der Waals surface area contributed by atoms with E-state index in [0.29, 0.717) is 17.5 Å². The molecule has 3 heterocycles. The van der Waals surface area contributed by atoms with Crippen LogP contribution in [0.3, 0.4) is 0 Å². The fourth-order valence-corrected chi connectivity index (χ4v) is 7.28. The lowest BCUT2D eigenvalue weighted by Crippen LogP contribution is -2.02. The quantitative estimate of drug-likeness (QED) is 0.195. The van der Waals surface area contributed by atoms with E-state index in [2.05, 4.69) is 156 Å². The third-order valence-corrected chi connectivity index (χ3v) is 9.50. The highest BCUT2D eigenvalue weighted by Gasteiger charge is 2.18. The summed E-state index contributed by atoms with van der Waals surface area (Å²) in [5, 5.41) is 9.35. The lowest BCUT2D eigenvalue weighted by atomic mass is 10.0. The largest absolute Gasteiger partial charge is 0.308 e. The van der Waals surface area contributed by atoms with E-state index in [9.17, 15) is 0 Å². The monoisotopic (exact) mass is 625 g/mol. The Morgan fingerprint density at radius 1 is 0.388 bits per heavy atom. The Morgan fingerprint density at radius 3 is 1.59 bits per heavy atom. The molecular weight excluding hydrogens is 599 g/mol. The number of rotatable bonds is 4. The molecule has 0 bridgehead atoms. The summed E-state index contributed by atoms with van der Waals surface area (Å²) in [5.41, 5.74) is 5.93. The first-order valence-corrected chi connectivity index (χ1v) is 16.4. The number of para-hydroxylation sites is 1. The van der Waals surface area contributed by atoms with Gasteiger partial charge in [-0.15, -0.1) is 0 Å². The fourth-order valence-electron chi connectivity index (χ4n) is 7.28. The number of aromatic nitrogens is 5. The van der Waals surface area contributed by atoms with Crippen molar-refractivity contribution in [1.82, 2.24) is 24.5 Å². The van der Waals surface area contributed by atoms with Crippen molar-refractivity contribution in [3.63, 3.8) is 0 Å². The third-order valence-electron chi connectivity index (χ3n) is 9.50. The molecule has 0 aliphatic rings. The Morgan fingerprint density at radius 2 is 0.918 bits per heavy atom. The number of hydrogen-bond donors (Lipinski definition) is 0. The molecule has 49 heavy (non-hydrogen) atoms. The van der Waals surface area contributed by atoms with Crippen LogP contribution < -0.4 is 0 Å². The maximum atomic E-state index is 5.15. The van der Waals surface area contributed by atoms with Gasteiger partial charge < -0.3 is 4.57 Å². The van der Waals surface area contributed by atoms with Gasteiger partial charge in [0.1, 0.15) is 0 Å². The molecule has 7 aromatic carbocycles. The van der Waals surface area contributed by atoms with Gasteiger partial charge >= 0.3 is 0 Å². The summed E-state index contributed by atoms with van der Waals surface area (Å²) in [5.74, 6) is 1.82. The Labute approximate surface area is 281 Å². The molecule has 0 saturated carbocycles. The minimum absolute atomic E-state index is 0.571. The summed E-state index contributed by atoms with van der Waals surface area (Å²) in [6.07, 6.45) is 3.77. The molecule has 10 rings (SSSR count). The Bertz CT molecular complexity index is 2800. The lowest BCUT2D eigenvalue weighted by Gasteiger charge is -2.13. The van der Waals surface area contributed by atoms with Gasteiger partial charge in [0, 0.05) is 33.7 Å². The first-order chi connectivity index (χ1) is 24.3. The van der Waals surface area contributed by atoms with Gasteiger partial charge in [0.15, 0.2) is 17.5 Å². The summed E-state index contributed by atoms with van der Waals surface area (Å²) in [7, 11) is 0. The molecule has 0 radical (unpaired) electrons. The lowest BCUT2D eigenvalue weighted by molar-refractivity contribution is 1.07. The number of pyridine rings is 1. The SMILES string of the molecule is c1ccc2c(-c3nc(-c4cncc(-n5c6ccccc6c6c7ccccc7ccc65)c4)nc(-c4cccc5ccccc45)n3)cccc2c1. The molecule has 0 N–H and O–H groups in total. The number of nitrogens with zero attached hydrogens (tertiary/aromatic N) is 5. The smallest absolute Gasteiger partial charge is 0.165 e. The van der Waals surface area contributed by atoms with Gasteiger partial charge in [-0.3, -0.25) is 4.98 Å². The van der Waals surface area contributed by atoms with Crippen LogP contribution in [-0.2, 0) is 0 Å². The van der Waals surface area contributed by atoms with E-state index in [-0.39, 0.29) is 0 Å². The van der Waals surface area contributed by atoms with Crippen molar-refractivity contribution in [2.24, 2.45) is 0 Å². The highest BCUT2D eigenvalue weighted by molar-refractivity contribution is 6.21. The Hall–Kier alpha value is -6.72. The molecular formula is C44H27N5. The van der Waals surface area contributed by atoms with E-state index in [1.807, 2.05) is 12.4 Å². The van der Waals surface area contributed by atoms with Crippen LogP contribution in [0.5, 0.6) is 0 Å². The maximum Gasteiger partial charge on any atom is 0.165 e. The van der Waals surface area contributed by atoms with Crippen LogP contribution >= 0.6 is 0 Å². The average molecular weight is 626 g/mol. The molecule has 228 valence electrons. The predicted octanol–water partition coefficient (Wildman–Crippen LogP) is 10.8. The molecule has 0 aliphatic carbocycles. The molecule has 0 fully saturated rings. The summed E-state index contributed by atoms with van der Waals surface area (Å²) in [6.45, 7) is 0. The van der Waals surface area contributed by atoms with Crippen LogP contribution in [0, 0.1) is 0 Å². The van der Waals surface area contributed by atoms with Crippen molar-refractivity contribution in [2.75, 3.05) is 0 Å². The number of hydrogen-bond acceptors (Lipinski definition) is 4. The molecule has 0 amide bonds. The van der Waals surface area contributed by atoms with E-state index < -0.39 is 0 Å². The van der Waals surface area contributed by atoms with Crippen LogP contribution in [0.25, 0.3) is 94.0 Å². The molecule has 0 aliphatic heterocycles. The molecule has 0 saturated heterocycles.